The van der Waals surface area contributed by atoms with Crippen molar-refractivity contribution in [2.24, 2.45) is 0 Å². The molecule has 1 aromatic carbocycles. The van der Waals surface area contributed by atoms with E-state index in [0.717, 1.165) is 16.5 Å². The SMILES string of the molecule is CN(C)C(C)(C)C(O)c1cccc2cccnc12. The summed E-state index contributed by atoms with van der Waals surface area (Å²) in [6, 6.07) is 9.86. The number of fused-ring (bicyclic) bond motifs is 1. The monoisotopic (exact) mass is 244 g/mol. The minimum Gasteiger partial charge on any atom is -0.386 e. The second-order valence-electron chi connectivity index (χ2n) is 5.37. The van der Waals surface area contributed by atoms with Crippen molar-refractivity contribution in [3.63, 3.8) is 0 Å². The minimum absolute atomic E-state index is 0.341. The predicted octanol–water partition coefficient (Wildman–Crippen LogP) is 2.61. The Morgan fingerprint density at radius 3 is 2.50 bits per heavy atom. The zero-order valence-corrected chi connectivity index (χ0v) is 11.4. The van der Waals surface area contributed by atoms with Gasteiger partial charge in [-0.25, -0.2) is 0 Å². The average molecular weight is 244 g/mol. The maximum absolute atomic E-state index is 10.6. The lowest BCUT2D eigenvalue weighted by Gasteiger charge is -2.37. The molecule has 0 fully saturated rings. The lowest BCUT2D eigenvalue weighted by molar-refractivity contribution is 0.0172. The van der Waals surface area contributed by atoms with E-state index in [2.05, 4.69) is 4.98 Å². The van der Waals surface area contributed by atoms with Crippen LogP contribution in [0.4, 0.5) is 0 Å². The highest BCUT2D eigenvalue weighted by Crippen LogP contribution is 2.32. The third kappa shape index (κ3) is 2.11. The van der Waals surface area contributed by atoms with Gasteiger partial charge < -0.3 is 10.0 Å². The van der Waals surface area contributed by atoms with Crippen LogP contribution < -0.4 is 0 Å². The zero-order valence-electron chi connectivity index (χ0n) is 11.4. The van der Waals surface area contributed by atoms with Gasteiger partial charge in [-0.2, -0.15) is 0 Å². The summed E-state index contributed by atoms with van der Waals surface area (Å²) in [7, 11) is 3.95. The maximum Gasteiger partial charge on any atom is 0.0988 e. The first-order valence-electron chi connectivity index (χ1n) is 6.13. The van der Waals surface area contributed by atoms with Crippen LogP contribution in [0.25, 0.3) is 10.9 Å². The number of aromatic nitrogens is 1. The number of nitrogens with zero attached hydrogens (tertiary/aromatic N) is 2. The molecule has 0 saturated heterocycles. The van der Waals surface area contributed by atoms with Crippen molar-refractivity contribution in [3.05, 3.63) is 42.1 Å². The van der Waals surface area contributed by atoms with Crippen molar-refractivity contribution >= 4 is 10.9 Å². The van der Waals surface area contributed by atoms with E-state index >= 15 is 0 Å². The molecule has 3 heteroatoms. The predicted molar refractivity (Wildman–Crippen MR) is 74.5 cm³/mol. The number of aliphatic hydroxyl groups is 1. The van der Waals surface area contributed by atoms with Crippen molar-refractivity contribution in [2.75, 3.05) is 14.1 Å². The first-order chi connectivity index (χ1) is 8.44. The average Bonchev–Trinajstić information content (AvgIpc) is 2.37. The maximum atomic E-state index is 10.6. The fraction of sp³-hybridized carbons (Fsp3) is 0.400. The molecule has 0 spiro atoms. The fourth-order valence-electron chi connectivity index (χ4n) is 1.97. The number of aliphatic hydroxyl groups excluding tert-OH is 1. The van der Waals surface area contributed by atoms with Crippen molar-refractivity contribution in [3.8, 4) is 0 Å². The Hall–Kier alpha value is -1.45. The normalized spacial score (nSPS) is 14.1. The first kappa shape index (κ1) is 13.0. The second kappa shape index (κ2) is 4.67. The van der Waals surface area contributed by atoms with Crippen LogP contribution in [0.1, 0.15) is 25.5 Å². The van der Waals surface area contributed by atoms with Gasteiger partial charge in [0.25, 0.3) is 0 Å². The van der Waals surface area contributed by atoms with Crippen LogP contribution in [0.5, 0.6) is 0 Å². The van der Waals surface area contributed by atoms with Gasteiger partial charge in [-0.15, -0.1) is 0 Å². The van der Waals surface area contributed by atoms with E-state index in [1.165, 1.54) is 0 Å². The molecule has 0 amide bonds. The molecule has 2 rings (SSSR count). The summed E-state index contributed by atoms with van der Waals surface area (Å²) in [6.45, 7) is 4.05. The van der Waals surface area contributed by atoms with Crippen LogP contribution >= 0.6 is 0 Å². The van der Waals surface area contributed by atoms with Crippen LogP contribution in [0.15, 0.2) is 36.5 Å². The fourth-order valence-corrected chi connectivity index (χ4v) is 1.97. The summed E-state index contributed by atoms with van der Waals surface area (Å²) < 4.78 is 0. The van der Waals surface area contributed by atoms with Crippen LogP contribution in [-0.4, -0.2) is 34.6 Å². The van der Waals surface area contributed by atoms with Gasteiger partial charge >= 0.3 is 0 Å². The molecule has 0 aliphatic carbocycles. The molecule has 2 aromatic rings. The van der Waals surface area contributed by atoms with Crippen molar-refractivity contribution in [1.82, 2.24) is 9.88 Å². The topological polar surface area (TPSA) is 36.4 Å². The van der Waals surface area contributed by atoms with Gasteiger partial charge in [0.15, 0.2) is 0 Å². The highest BCUT2D eigenvalue weighted by atomic mass is 16.3. The summed E-state index contributed by atoms with van der Waals surface area (Å²) >= 11 is 0. The molecule has 3 nitrogen and oxygen atoms in total. The summed E-state index contributed by atoms with van der Waals surface area (Å²) in [5, 5.41) is 11.7. The smallest absolute Gasteiger partial charge is 0.0988 e. The lowest BCUT2D eigenvalue weighted by Crippen LogP contribution is -2.43. The summed E-state index contributed by atoms with van der Waals surface area (Å²) in [5.74, 6) is 0. The molecule has 1 unspecified atom stereocenters. The molecule has 1 heterocycles. The molecule has 18 heavy (non-hydrogen) atoms. The number of hydrogen-bond donors (Lipinski definition) is 1. The largest absolute Gasteiger partial charge is 0.386 e. The molecular weight excluding hydrogens is 224 g/mol. The van der Waals surface area contributed by atoms with E-state index < -0.39 is 6.10 Å². The summed E-state index contributed by atoms with van der Waals surface area (Å²) in [4.78, 5) is 6.42. The number of rotatable bonds is 3. The zero-order chi connectivity index (χ0) is 13.3. The van der Waals surface area contributed by atoms with E-state index in [9.17, 15) is 5.11 Å². The molecule has 0 aliphatic rings. The molecule has 0 radical (unpaired) electrons. The quantitative estimate of drug-likeness (QED) is 0.901. The van der Waals surface area contributed by atoms with Crippen LogP contribution in [0.3, 0.4) is 0 Å². The molecule has 1 N–H and O–H groups in total. The van der Waals surface area contributed by atoms with E-state index in [1.807, 2.05) is 63.2 Å². The number of para-hydroxylation sites is 1. The van der Waals surface area contributed by atoms with Crippen molar-refractivity contribution in [1.29, 1.82) is 0 Å². The van der Waals surface area contributed by atoms with Gasteiger partial charge in [0.2, 0.25) is 0 Å². The first-order valence-corrected chi connectivity index (χ1v) is 6.13. The van der Waals surface area contributed by atoms with Gasteiger partial charge in [-0.3, -0.25) is 4.98 Å². The van der Waals surface area contributed by atoms with Gasteiger partial charge in [0.05, 0.1) is 11.6 Å². The van der Waals surface area contributed by atoms with E-state index in [4.69, 9.17) is 0 Å². The number of benzene rings is 1. The lowest BCUT2D eigenvalue weighted by atomic mass is 9.89. The van der Waals surface area contributed by atoms with Gasteiger partial charge in [-0.05, 0) is 34.0 Å². The molecule has 96 valence electrons. The van der Waals surface area contributed by atoms with E-state index in [1.54, 1.807) is 6.20 Å². The Labute approximate surface area is 108 Å². The third-order valence-corrected chi connectivity index (χ3v) is 3.78. The van der Waals surface area contributed by atoms with Crippen molar-refractivity contribution < 1.29 is 5.11 Å². The Morgan fingerprint density at radius 2 is 1.83 bits per heavy atom. The molecule has 0 bridgehead atoms. The summed E-state index contributed by atoms with van der Waals surface area (Å²) in [5.41, 5.74) is 1.42. The standard InChI is InChI=1S/C15H20N2O/c1-15(2,17(3)4)14(18)12-9-5-7-11-8-6-10-16-13(11)12/h5-10,14,18H,1-4H3. The van der Waals surface area contributed by atoms with Crippen molar-refractivity contribution in [2.45, 2.75) is 25.5 Å². The van der Waals surface area contributed by atoms with Crippen LogP contribution in [-0.2, 0) is 0 Å². The Morgan fingerprint density at radius 1 is 1.17 bits per heavy atom. The molecular formula is C15H20N2O. The van der Waals surface area contributed by atoms with Gasteiger partial charge in [-0.1, -0.05) is 24.3 Å². The highest BCUT2D eigenvalue weighted by Gasteiger charge is 2.32. The Kier molecular flexibility index (Phi) is 3.37. The Balaban J connectivity index is 2.55. The number of pyridine rings is 1. The number of likely N-dealkylation sites (N-methyl/N-ethyl adjacent to an activating group) is 1. The minimum atomic E-state index is -0.578. The Bertz CT molecular complexity index is 544. The van der Waals surface area contributed by atoms with E-state index in [0.29, 0.717) is 0 Å². The second-order valence-corrected chi connectivity index (χ2v) is 5.37. The van der Waals surface area contributed by atoms with E-state index in [-0.39, 0.29) is 5.54 Å². The van der Waals surface area contributed by atoms with Gasteiger partial charge in [0.1, 0.15) is 0 Å². The summed E-state index contributed by atoms with van der Waals surface area (Å²) in [6.07, 6.45) is 1.19. The van der Waals surface area contributed by atoms with Crippen LogP contribution in [0.2, 0.25) is 0 Å². The molecule has 0 aliphatic heterocycles. The number of hydrogen-bond acceptors (Lipinski definition) is 3. The molecule has 0 saturated carbocycles. The van der Waals surface area contributed by atoms with Crippen LogP contribution in [0, 0.1) is 0 Å². The van der Waals surface area contributed by atoms with Gasteiger partial charge in [0, 0.05) is 22.7 Å². The third-order valence-electron chi connectivity index (χ3n) is 3.78. The molecule has 1 aromatic heterocycles. The molecule has 1 atom stereocenters. The highest BCUT2D eigenvalue weighted by molar-refractivity contribution is 5.82.